The minimum atomic E-state index is -4.74. The van der Waals surface area contributed by atoms with Crippen molar-refractivity contribution in [2.75, 3.05) is 19.7 Å². The Balaban J connectivity index is 2.24. The van der Waals surface area contributed by atoms with Gasteiger partial charge in [0, 0.05) is 13.1 Å². The molecule has 0 radical (unpaired) electrons. The quantitative estimate of drug-likeness (QED) is 0.810. The number of para-hydroxylation sites is 1. The lowest BCUT2D eigenvalue weighted by Gasteiger charge is -2.19. The fourth-order valence-corrected chi connectivity index (χ4v) is 2.64. The highest BCUT2D eigenvalue weighted by atomic mass is 19.4. The van der Waals surface area contributed by atoms with Gasteiger partial charge >= 0.3 is 12.1 Å². The number of halogens is 3. The fourth-order valence-electron chi connectivity index (χ4n) is 2.64. The molecule has 1 aromatic rings. The molecule has 0 unspecified atom stereocenters. The van der Waals surface area contributed by atoms with Crippen molar-refractivity contribution >= 4 is 17.8 Å². The maximum atomic E-state index is 13.0. The molecule has 3 N–H and O–H groups in total. The maximum Gasteiger partial charge on any atom is 0.394 e. The normalized spacial score (nSPS) is 20.4. The Morgan fingerprint density at radius 3 is 2.40 bits per heavy atom. The monoisotopic (exact) mass is 360 g/mol. The van der Waals surface area contributed by atoms with Gasteiger partial charge in [-0.15, -0.1) is 0 Å². The Kier molecular flexibility index (Phi) is 5.19. The summed E-state index contributed by atoms with van der Waals surface area (Å²) in [5, 5.41) is 9.00. The Morgan fingerprint density at radius 1 is 1.24 bits per heavy atom. The predicted molar refractivity (Wildman–Crippen MR) is 77.7 cm³/mol. The molecular formula is C15H15F3N2O5. The number of ether oxygens (including phenoxy) is 1. The molecule has 1 fully saturated rings. The van der Waals surface area contributed by atoms with Crippen LogP contribution in [0.4, 0.5) is 13.2 Å². The zero-order valence-electron chi connectivity index (χ0n) is 12.8. The van der Waals surface area contributed by atoms with E-state index in [4.69, 9.17) is 15.6 Å². The molecule has 2 amide bonds. The van der Waals surface area contributed by atoms with Gasteiger partial charge in [0.05, 0.1) is 17.4 Å². The second-order valence-electron chi connectivity index (χ2n) is 5.55. The van der Waals surface area contributed by atoms with E-state index in [9.17, 15) is 27.6 Å². The number of alkyl halides is 3. The van der Waals surface area contributed by atoms with E-state index in [1.54, 1.807) is 0 Å². The summed E-state index contributed by atoms with van der Waals surface area (Å²) in [5.74, 6) is -7.11. The molecule has 25 heavy (non-hydrogen) atoms. The van der Waals surface area contributed by atoms with Gasteiger partial charge in [0.25, 0.3) is 11.8 Å². The third kappa shape index (κ3) is 4.20. The molecule has 1 heterocycles. The van der Waals surface area contributed by atoms with E-state index < -0.39 is 55.5 Å². The van der Waals surface area contributed by atoms with Crippen LogP contribution in [0.15, 0.2) is 24.3 Å². The highest BCUT2D eigenvalue weighted by Crippen LogP contribution is 2.38. The standard InChI is InChI=1S/C15H15F3N2O5/c16-15(17,18)10-6-20(5-9(10)14(23)24)13(22)8-3-1-2-4-11(8)25-7-12(19)21/h1-4,9-10H,5-7H2,(H2,19,21)(H,23,24)/t9-,10-/m1/s1. The number of benzene rings is 1. The van der Waals surface area contributed by atoms with E-state index in [1.165, 1.54) is 24.3 Å². The zero-order valence-corrected chi connectivity index (χ0v) is 12.8. The average Bonchev–Trinajstić information content (AvgIpc) is 2.98. The van der Waals surface area contributed by atoms with Crippen LogP contribution in [0.1, 0.15) is 10.4 Å². The van der Waals surface area contributed by atoms with Crippen LogP contribution in [0, 0.1) is 11.8 Å². The van der Waals surface area contributed by atoms with Crippen LogP contribution in [0.3, 0.4) is 0 Å². The third-order valence-corrected chi connectivity index (χ3v) is 3.83. The Morgan fingerprint density at radius 2 is 1.88 bits per heavy atom. The van der Waals surface area contributed by atoms with E-state index in [2.05, 4.69) is 0 Å². The second kappa shape index (κ2) is 6.99. The highest BCUT2D eigenvalue weighted by Gasteiger charge is 2.53. The van der Waals surface area contributed by atoms with Crippen LogP contribution in [0.2, 0.25) is 0 Å². The number of carboxylic acid groups (broad SMARTS) is 1. The van der Waals surface area contributed by atoms with Gasteiger partial charge in [-0.05, 0) is 12.1 Å². The second-order valence-corrected chi connectivity index (χ2v) is 5.55. The average molecular weight is 360 g/mol. The molecule has 0 aliphatic carbocycles. The summed E-state index contributed by atoms with van der Waals surface area (Å²) in [4.78, 5) is 35.2. The van der Waals surface area contributed by atoms with Gasteiger partial charge in [-0.2, -0.15) is 13.2 Å². The lowest BCUT2D eigenvalue weighted by atomic mass is 9.96. The van der Waals surface area contributed by atoms with Gasteiger partial charge in [-0.3, -0.25) is 14.4 Å². The van der Waals surface area contributed by atoms with E-state index >= 15 is 0 Å². The first kappa shape index (κ1) is 18.6. The molecule has 0 aromatic heterocycles. The van der Waals surface area contributed by atoms with Gasteiger partial charge in [-0.1, -0.05) is 12.1 Å². The molecule has 2 atom stereocenters. The number of primary amides is 1. The van der Waals surface area contributed by atoms with Crippen molar-refractivity contribution in [1.82, 2.24) is 4.90 Å². The molecule has 136 valence electrons. The third-order valence-electron chi connectivity index (χ3n) is 3.83. The van der Waals surface area contributed by atoms with Gasteiger partial charge < -0.3 is 20.5 Å². The van der Waals surface area contributed by atoms with Crippen molar-refractivity contribution in [3.05, 3.63) is 29.8 Å². The van der Waals surface area contributed by atoms with Crippen LogP contribution in [-0.2, 0) is 9.59 Å². The molecule has 2 rings (SSSR count). The molecule has 0 bridgehead atoms. The number of rotatable bonds is 5. The number of carboxylic acids is 1. The number of nitrogens with two attached hydrogens (primary N) is 1. The predicted octanol–water partition coefficient (Wildman–Crippen LogP) is 0.886. The number of carbonyl (C=O) groups excluding carboxylic acids is 2. The topological polar surface area (TPSA) is 110 Å². The van der Waals surface area contributed by atoms with E-state index in [0.717, 1.165) is 4.90 Å². The summed E-state index contributed by atoms with van der Waals surface area (Å²) in [6.45, 7) is -1.83. The molecule has 1 saturated heterocycles. The van der Waals surface area contributed by atoms with E-state index in [1.807, 2.05) is 0 Å². The van der Waals surface area contributed by atoms with Crippen LogP contribution >= 0.6 is 0 Å². The highest BCUT2D eigenvalue weighted by molar-refractivity contribution is 5.97. The van der Waals surface area contributed by atoms with Crippen molar-refractivity contribution in [2.45, 2.75) is 6.18 Å². The largest absolute Gasteiger partial charge is 0.483 e. The first-order valence-corrected chi connectivity index (χ1v) is 7.20. The maximum absolute atomic E-state index is 13.0. The molecule has 1 aromatic carbocycles. The SMILES string of the molecule is NC(=O)COc1ccccc1C(=O)N1C[C@@H](C(F)(F)F)[C@H](C(=O)O)C1. The molecule has 1 aliphatic rings. The number of hydrogen-bond donors (Lipinski definition) is 2. The summed E-state index contributed by atoms with van der Waals surface area (Å²) in [6, 6.07) is 5.66. The first-order valence-electron chi connectivity index (χ1n) is 7.20. The number of carbonyl (C=O) groups is 3. The lowest BCUT2D eigenvalue weighted by Crippen LogP contribution is -2.34. The Hall–Kier alpha value is -2.78. The van der Waals surface area contributed by atoms with Gasteiger partial charge in [-0.25, -0.2) is 0 Å². The van der Waals surface area contributed by atoms with Gasteiger partial charge in [0.1, 0.15) is 5.75 Å². The fraction of sp³-hybridized carbons (Fsp3) is 0.400. The van der Waals surface area contributed by atoms with E-state index in [0.29, 0.717) is 0 Å². The van der Waals surface area contributed by atoms with Gasteiger partial charge in [0.15, 0.2) is 6.61 Å². The summed E-state index contributed by atoms with van der Waals surface area (Å²) in [6.07, 6.45) is -4.74. The van der Waals surface area contributed by atoms with E-state index in [-0.39, 0.29) is 11.3 Å². The summed E-state index contributed by atoms with van der Waals surface area (Å²) >= 11 is 0. The Labute approximate surface area is 140 Å². The van der Waals surface area contributed by atoms with Crippen molar-refractivity contribution in [3.63, 3.8) is 0 Å². The van der Waals surface area contributed by atoms with Crippen molar-refractivity contribution in [1.29, 1.82) is 0 Å². The number of hydrogen-bond acceptors (Lipinski definition) is 4. The molecular weight excluding hydrogens is 345 g/mol. The Bertz CT molecular complexity index is 692. The van der Waals surface area contributed by atoms with Crippen molar-refractivity contribution < 1.29 is 37.4 Å². The molecule has 0 saturated carbocycles. The number of likely N-dealkylation sites (tertiary alicyclic amines) is 1. The van der Waals surface area contributed by atoms with Gasteiger partial charge in [0.2, 0.25) is 0 Å². The number of aliphatic carboxylic acids is 1. The summed E-state index contributed by atoms with van der Waals surface area (Å²) in [5.41, 5.74) is 4.88. The molecule has 0 spiro atoms. The zero-order chi connectivity index (χ0) is 18.8. The first-order chi connectivity index (χ1) is 11.6. The minimum absolute atomic E-state index is 0.0198. The van der Waals surface area contributed by atoms with Crippen LogP contribution in [0.5, 0.6) is 5.75 Å². The summed E-state index contributed by atoms with van der Waals surface area (Å²) in [7, 11) is 0. The molecule has 1 aliphatic heterocycles. The minimum Gasteiger partial charge on any atom is -0.483 e. The van der Waals surface area contributed by atoms with Crippen LogP contribution in [-0.4, -0.2) is 53.7 Å². The van der Waals surface area contributed by atoms with Crippen LogP contribution < -0.4 is 10.5 Å². The molecule has 7 nitrogen and oxygen atoms in total. The molecule has 10 heteroatoms. The van der Waals surface area contributed by atoms with Crippen molar-refractivity contribution in [3.8, 4) is 5.75 Å². The number of nitrogens with zero attached hydrogens (tertiary/aromatic N) is 1. The van der Waals surface area contributed by atoms with Crippen LogP contribution in [0.25, 0.3) is 0 Å². The number of amides is 2. The summed E-state index contributed by atoms with van der Waals surface area (Å²) < 4.78 is 44.2. The smallest absolute Gasteiger partial charge is 0.394 e. The lowest BCUT2D eigenvalue weighted by molar-refractivity contribution is -0.187. The van der Waals surface area contributed by atoms with Crippen molar-refractivity contribution in [2.24, 2.45) is 17.6 Å².